The first kappa shape index (κ1) is 15.0. The molecule has 1 fully saturated rings. The summed E-state index contributed by atoms with van der Waals surface area (Å²) in [5.41, 5.74) is 2.17. The van der Waals surface area contributed by atoms with E-state index in [0.717, 1.165) is 25.2 Å². The van der Waals surface area contributed by atoms with E-state index in [0.29, 0.717) is 18.3 Å². The number of carbonyl (C=O) groups excluding carboxylic acids is 1. The summed E-state index contributed by atoms with van der Waals surface area (Å²) in [6, 6.07) is 8.13. The summed E-state index contributed by atoms with van der Waals surface area (Å²) >= 11 is 0. The monoisotopic (exact) mass is 273 g/mol. The Bertz CT molecular complexity index is 436. The summed E-state index contributed by atoms with van der Waals surface area (Å²) < 4.78 is 0. The highest BCUT2D eigenvalue weighted by molar-refractivity contribution is 5.90. The molecule has 1 heterocycles. The van der Waals surface area contributed by atoms with Gasteiger partial charge in [0.25, 0.3) is 0 Å². The van der Waals surface area contributed by atoms with Gasteiger partial charge in [0.1, 0.15) is 0 Å². The third-order valence-electron chi connectivity index (χ3n) is 3.93. The summed E-state index contributed by atoms with van der Waals surface area (Å²) in [6.07, 6.45) is 3.97. The van der Waals surface area contributed by atoms with Crippen molar-refractivity contribution in [3.05, 3.63) is 29.8 Å². The predicted octanol–water partition coefficient (Wildman–Crippen LogP) is 3.54. The van der Waals surface area contributed by atoms with E-state index in [1.807, 2.05) is 12.1 Å². The number of hydrogen-bond donors (Lipinski definition) is 1. The zero-order chi connectivity index (χ0) is 14.4. The van der Waals surface area contributed by atoms with E-state index in [9.17, 15) is 4.79 Å². The second kappa shape index (κ2) is 7.44. The van der Waals surface area contributed by atoms with Crippen molar-refractivity contribution in [2.75, 3.05) is 18.4 Å². The lowest BCUT2D eigenvalue weighted by Gasteiger charge is -2.21. The molecule has 1 aromatic carbocycles. The number of anilines is 1. The molecule has 0 aliphatic carbocycles. The Hall–Kier alpha value is -1.35. The highest BCUT2D eigenvalue weighted by Gasteiger charge is 2.15. The number of hydrogen-bond acceptors (Lipinski definition) is 1. The Morgan fingerprint density at radius 2 is 2.30 bits per heavy atom. The maximum absolute atomic E-state index is 12.0. The van der Waals surface area contributed by atoms with Crippen molar-refractivity contribution in [1.29, 1.82) is 0 Å². The number of nitrogens with zero attached hydrogens (tertiary/aromatic N) is 1. The average Bonchev–Trinajstić information content (AvgIpc) is 2.46. The van der Waals surface area contributed by atoms with Gasteiger partial charge >= 0.3 is 0 Å². The molecule has 1 unspecified atom stereocenters. The van der Waals surface area contributed by atoms with E-state index in [-0.39, 0.29) is 5.91 Å². The van der Waals surface area contributed by atoms with Gasteiger partial charge in [-0.25, -0.2) is 5.32 Å². The molecular formula is C17H25N2O. The highest BCUT2D eigenvalue weighted by Crippen LogP contribution is 2.20. The van der Waals surface area contributed by atoms with Crippen LogP contribution in [0.25, 0.3) is 0 Å². The van der Waals surface area contributed by atoms with E-state index in [4.69, 9.17) is 0 Å². The van der Waals surface area contributed by atoms with Crippen LogP contribution in [0.5, 0.6) is 0 Å². The van der Waals surface area contributed by atoms with Crippen LogP contribution in [0.4, 0.5) is 5.69 Å². The van der Waals surface area contributed by atoms with Crippen molar-refractivity contribution >= 4 is 11.6 Å². The molecule has 1 amide bonds. The van der Waals surface area contributed by atoms with Crippen LogP contribution in [0.1, 0.15) is 51.0 Å². The first-order chi connectivity index (χ1) is 9.65. The van der Waals surface area contributed by atoms with Gasteiger partial charge in [0.15, 0.2) is 0 Å². The molecule has 2 rings (SSSR count). The van der Waals surface area contributed by atoms with E-state index >= 15 is 0 Å². The van der Waals surface area contributed by atoms with Crippen molar-refractivity contribution in [2.24, 2.45) is 5.92 Å². The van der Waals surface area contributed by atoms with Crippen molar-refractivity contribution in [3.8, 4) is 0 Å². The van der Waals surface area contributed by atoms with Crippen LogP contribution in [0.15, 0.2) is 24.3 Å². The number of nitrogens with one attached hydrogen (secondary N) is 1. The van der Waals surface area contributed by atoms with Crippen molar-refractivity contribution < 1.29 is 4.79 Å². The molecule has 0 aromatic heterocycles. The van der Waals surface area contributed by atoms with Gasteiger partial charge in [-0.05, 0) is 48.8 Å². The van der Waals surface area contributed by atoms with Gasteiger partial charge < -0.3 is 5.32 Å². The molecule has 20 heavy (non-hydrogen) atoms. The van der Waals surface area contributed by atoms with Gasteiger partial charge in [0, 0.05) is 25.2 Å². The van der Waals surface area contributed by atoms with Crippen LogP contribution < -0.4 is 10.6 Å². The smallest absolute Gasteiger partial charge is 0.224 e. The molecule has 1 atom stereocenters. The Labute approximate surface area is 122 Å². The standard InChI is InChI=1S/C17H25N2O/c1-13(2)15-6-3-7-16(11-15)19-17(20)9-8-14-5-4-10-18-12-14/h3,6-7,11,13-14H,4-5,8-10,12H2,1-2H3,(H,19,20). The summed E-state index contributed by atoms with van der Waals surface area (Å²) in [6.45, 7) is 6.27. The second-order valence-corrected chi connectivity index (χ2v) is 6.01. The Balaban J connectivity index is 1.80. The number of amides is 1. The number of benzene rings is 1. The molecule has 1 aliphatic rings. The van der Waals surface area contributed by atoms with E-state index in [2.05, 4.69) is 36.6 Å². The van der Waals surface area contributed by atoms with Gasteiger partial charge in [-0.1, -0.05) is 26.0 Å². The highest BCUT2D eigenvalue weighted by atomic mass is 16.1. The molecule has 1 aromatic rings. The number of piperidine rings is 1. The lowest BCUT2D eigenvalue weighted by atomic mass is 9.94. The van der Waals surface area contributed by atoms with Crippen molar-refractivity contribution in [1.82, 2.24) is 5.32 Å². The third kappa shape index (κ3) is 4.64. The number of rotatable bonds is 5. The maximum Gasteiger partial charge on any atom is 0.224 e. The molecule has 3 nitrogen and oxygen atoms in total. The molecule has 0 saturated carbocycles. The van der Waals surface area contributed by atoms with Crippen molar-refractivity contribution in [3.63, 3.8) is 0 Å². The SMILES string of the molecule is CC(C)c1cccc(NC(=O)CCC2CCC[N]C2)c1. The fourth-order valence-corrected chi connectivity index (χ4v) is 2.63. The normalized spacial score (nSPS) is 19.1. The minimum Gasteiger partial charge on any atom is -0.326 e. The first-order valence-corrected chi connectivity index (χ1v) is 7.68. The summed E-state index contributed by atoms with van der Waals surface area (Å²) in [5.74, 6) is 1.21. The lowest BCUT2D eigenvalue weighted by Crippen LogP contribution is -2.25. The Morgan fingerprint density at radius 1 is 1.45 bits per heavy atom. The minimum absolute atomic E-state index is 0.122. The van der Waals surface area contributed by atoms with Crippen LogP contribution in [-0.4, -0.2) is 19.0 Å². The lowest BCUT2D eigenvalue weighted by molar-refractivity contribution is -0.116. The molecule has 1 radical (unpaired) electrons. The second-order valence-electron chi connectivity index (χ2n) is 6.01. The van der Waals surface area contributed by atoms with Crippen LogP contribution in [0.3, 0.4) is 0 Å². The predicted molar refractivity (Wildman–Crippen MR) is 83.0 cm³/mol. The minimum atomic E-state index is 0.122. The molecule has 1 N–H and O–H groups in total. The molecule has 3 heteroatoms. The zero-order valence-corrected chi connectivity index (χ0v) is 12.6. The summed E-state index contributed by atoms with van der Waals surface area (Å²) in [4.78, 5) is 12.0. The van der Waals surface area contributed by atoms with E-state index < -0.39 is 0 Å². The first-order valence-electron chi connectivity index (χ1n) is 7.68. The molecule has 1 saturated heterocycles. The van der Waals surface area contributed by atoms with Gasteiger partial charge in [-0.15, -0.1) is 0 Å². The van der Waals surface area contributed by atoms with Crippen LogP contribution in [-0.2, 0) is 4.79 Å². The van der Waals surface area contributed by atoms with Gasteiger partial charge in [-0.3, -0.25) is 4.79 Å². The van der Waals surface area contributed by atoms with Crippen LogP contribution in [0.2, 0.25) is 0 Å². The molecule has 0 bridgehead atoms. The van der Waals surface area contributed by atoms with Crippen LogP contribution >= 0.6 is 0 Å². The Morgan fingerprint density at radius 3 is 3.00 bits per heavy atom. The fraction of sp³-hybridized carbons (Fsp3) is 0.588. The largest absolute Gasteiger partial charge is 0.326 e. The van der Waals surface area contributed by atoms with Gasteiger partial charge in [0.2, 0.25) is 5.91 Å². The van der Waals surface area contributed by atoms with Crippen LogP contribution in [0, 0.1) is 5.92 Å². The van der Waals surface area contributed by atoms with Gasteiger partial charge in [0.05, 0.1) is 0 Å². The zero-order valence-electron chi connectivity index (χ0n) is 12.6. The third-order valence-corrected chi connectivity index (χ3v) is 3.93. The van der Waals surface area contributed by atoms with E-state index in [1.165, 1.54) is 18.4 Å². The fourth-order valence-electron chi connectivity index (χ4n) is 2.63. The quantitative estimate of drug-likeness (QED) is 0.876. The summed E-state index contributed by atoms with van der Waals surface area (Å²) in [5, 5.41) is 7.43. The molecule has 0 spiro atoms. The maximum atomic E-state index is 12.0. The topological polar surface area (TPSA) is 43.2 Å². The number of carbonyl (C=O) groups is 1. The molecule has 1 aliphatic heterocycles. The summed E-state index contributed by atoms with van der Waals surface area (Å²) in [7, 11) is 0. The van der Waals surface area contributed by atoms with Gasteiger partial charge in [-0.2, -0.15) is 0 Å². The molecule has 109 valence electrons. The average molecular weight is 273 g/mol. The van der Waals surface area contributed by atoms with E-state index in [1.54, 1.807) is 0 Å². The Kier molecular flexibility index (Phi) is 5.60. The molecular weight excluding hydrogens is 248 g/mol. The van der Waals surface area contributed by atoms with Crippen molar-refractivity contribution in [2.45, 2.75) is 45.4 Å².